The van der Waals surface area contributed by atoms with Gasteiger partial charge in [-0.15, -0.1) is 0 Å². The molecule has 0 rings (SSSR count). The van der Waals surface area contributed by atoms with E-state index >= 15 is 0 Å². The van der Waals surface area contributed by atoms with E-state index in [0.717, 1.165) is 0 Å². The molecule has 0 aliphatic carbocycles. The Kier molecular flexibility index (Phi) is 5.33. The zero-order valence-corrected chi connectivity index (χ0v) is 7.98. The predicted molar refractivity (Wildman–Crippen MR) is 26.7 cm³/mol. The molecule has 0 saturated carbocycles. The Morgan fingerprint density at radius 2 is 1.88 bits per heavy atom. The molecule has 8 heavy (non-hydrogen) atoms. The van der Waals surface area contributed by atoms with Crippen LogP contribution in [-0.2, 0) is 37.5 Å². The molecule has 0 aromatic rings. The van der Waals surface area contributed by atoms with Crippen molar-refractivity contribution in [3.8, 4) is 0 Å². The Labute approximate surface area is 74.5 Å². The van der Waals surface area contributed by atoms with Crippen LogP contribution in [0.4, 0.5) is 0 Å². The normalized spacial score (nSPS) is 16.0. The molecule has 0 aliphatic rings. The fourth-order valence-corrected chi connectivity index (χ4v) is 0. The molecule has 1 unspecified atom stereocenters. The molecule has 0 spiro atoms. The zero-order valence-electron chi connectivity index (χ0n) is 5.14. The number of hydrogen-bond acceptors (Lipinski definition) is 2. The van der Waals surface area contributed by atoms with Gasteiger partial charge < -0.3 is 12.0 Å². The standard InChI is InChI=1S/C5H9O2.Y/c1-4(6)5(2,3)7;/h7H,2H2,1,3H3;/q-1;. The minimum absolute atomic E-state index is 0. The molecule has 1 radical (unpaired) electrons. The molecule has 0 bridgehead atoms. The van der Waals surface area contributed by atoms with E-state index in [4.69, 9.17) is 5.11 Å². The van der Waals surface area contributed by atoms with Crippen LogP contribution < -0.4 is 0 Å². The van der Waals surface area contributed by atoms with E-state index < -0.39 is 5.60 Å². The van der Waals surface area contributed by atoms with Crippen molar-refractivity contribution >= 4 is 5.78 Å². The Morgan fingerprint density at radius 1 is 1.75 bits per heavy atom. The van der Waals surface area contributed by atoms with Gasteiger partial charge >= 0.3 is 0 Å². The van der Waals surface area contributed by atoms with Crippen LogP contribution in [0.1, 0.15) is 13.8 Å². The summed E-state index contributed by atoms with van der Waals surface area (Å²) in [7, 11) is 0. The van der Waals surface area contributed by atoms with Crippen molar-refractivity contribution in [1.82, 2.24) is 0 Å². The first-order chi connectivity index (χ1) is 2.94. The summed E-state index contributed by atoms with van der Waals surface area (Å²) in [6.07, 6.45) is 0. The van der Waals surface area contributed by atoms with Gasteiger partial charge in [0.25, 0.3) is 0 Å². The number of carbonyl (C=O) groups excluding carboxylic acids is 1. The Balaban J connectivity index is 0. The molecule has 45 valence electrons. The Morgan fingerprint density at radius 3 is 1.88 bits per heavy atom. The van der Waals surface area contributed by atoms with Crippen LogP contribution in [-0.4, -0.2) is 16.5 Å². The van der Waals surface area contributed by atoms with Crippen molar-refractivity contribution in [2.45, 2.75) is 19.4 Å². The number of Topliss-reactive ketones (excluding diaryl/α,β-unsaturated/α-hetero) is 1. The summed E-state index contributed by atoms with van der Waals surface area (Å²) >= 11 is 0. The van der Waals surface area contributed by atoms with E-state index in [1.54, 1.807) is 0 Å². The van der Waals surface area contributed by atoms with E-state index in [2.05, 4.69) is 6.92 Å². The molecule has 1 N–H and O–H groups in total. The first kappa shape index (κ1) is 11.5. The number of ketones is 1. The Hall–Kier alpha value is 0.734. The van der Waals surface area contributed by atoms with Crippen molar-refractivity contribution in [3.63, 3.8) is 0 Å². The number of carbonyl (C=O) groups is 1. The van der Waals surface area contributed by atoms with E-state index in [0.29, 0.717) is 0 Å². The molecule has 1 atom stereocenters. The SMILES string of the molecule is [CH2-]C(C)(O)C(C)=O.[Y]. The number of hydrogen-bond donors (Lipinski definition) is 1. The second-order valence-corrected chi connectivity index (χ2v) is 1.83. The quantitative estimate of drug-likeness (QED) is 0.598. The van der Waals surface area contributed by atoms with Gasteiger partial charge in [-0.1, -0.05) is 6.92 Å². The van der Waals surface area contributed by atoms with Crippen LogP contribution in [0.2, 0.25) is 0 Å². The zero-order chi connectivity index (χ0) is 6.08. The predicted octanol–water partition coefficient (Wildman–Crippen LogP) is 0.158. The maximum absolute atomic E-state index is 10.2. The van der Waals surface area contributed by atoms with Crippen LogP contribution in [0.5, 0.6) is 0 Å². The van der Waals surface area contributed by atoms with Gasteiger partial charge in [0.2, 0.25) is 0 Å². The molecular weight excluding hydrogens is 181 g/mol. The average molecular weight is 190 g/mol. The van der Waals surface area contributed by atoms with Gasteiger partial charge in [-0.05, 0) is 12.5 Å². The van der Waals surface area contributed by atoms with Gasteiger partial charge in [-0.25, -0.2) is 0 Å². The third-order valence-electron chi connectivity index (χ3n) is 0.758. The first-order valence-corrected chi connectivity index (χ1v) is 2.03. The third-order valence-corrected chi connectivity index (χ3v) is 0.758. The van der Waals surface area contributed by atoms with Crippen LogP contribution in [0.15, 0.2) is 0 Å². The van der Waals surface area contributed by atoms with Crippen LogP contribution in [0.25, 0.3) is 0 Å². The molecule has 0 fully saturated rings. The van der Waals surface area contributed by atoms with Crippen molar-refractivity contribution in [2.75, 3.05) is 0 Å². The number of rotatable bonds is 1. The van der Waals surface area contributed by atoms with Gasteiger partial charge in [0, 0.05) is 32.7 Å². The maximum Gasteiger partial charge on any atom is 0.130 e. The molecule has 0 amide bonds. The second-order valence-electron chi connectivity index (χ2n) is 1.83. The molecule has 0 aliphatic heterocycles. The molecule has 2 nitrogen and oxygen atoms in total. The molecule has 0 aromatic heterocycles. The topological polar surface area (TPSA) is 37.3 Å². The Bertz CT molecular complexity index is 82.9. The monoisotopic (exact) mass is 190 g/mol. The van der Waals surface area contributed by atoms with Gasteiger partial charge in [0.15, 0.2) is 0 Å². The first-order valence-electron chi connectivity index (χ1n) is 2.03. The van der Waals surface area contributed by atoms with Crippen LogP contribution >= 0.6 is 0 Å². The minimum Gasteiger partial charge on any atom is -0.415 e. The van der Waals surface area contributed by atoms with Gasteiger partial charge in [0.05, 0.1) is 0 Å². The fourth-order valence-electron chi connectivity index (χ4n) is 0. The maximum atomic E-state index is 10.2. The molecule has 0 saturated heterocycles. The molecule has 3 heteroatoms. The summed E-state index contributed by atoms with van der Waals surface area (Å²) in [6.45, 7) is 5.83. The second kappa shape index (κ2) is 3.70. The summed E-state index contributed by atoms with van der Waals surface area (Å²) in [6, 6.07) is 0. The summed E-state index contributed by atoms with van der Waals surface area (Å²) in [5.74, 6) is -0.312. The number of aliphatic hydroxyl groups is 1. The third kappa shape index (κ3) is 4.88. The van der Waals surface area contributed by atoms with Crippen molar-refractivity contribution in [3.05, 3.63) is 6.92 Å². The summed E-state index contributed by atoms with van der Waals surface area (Å²) in [5.41, 5.74) is -1.39. The van der Waals surface area contributed by atoms with Gasteiger partial charge in [-0.3, -0.25) is 4.79 Å². The fraction of sp³-hybridized carbons (Fsp3) is 0.600. The summed E-state index contributed by atoms with van der Waals surface area (Å²) in [4.78, 5) is 10.2. The van der Waals surface area contributed by atoms with E-state index in [9.17, 15) is 4.79 Å². The van der Waals surface area contributed by atoms with Gasteiger partial charge in [0.1, 0.15) is 5.78 Å². The van der Waals surface area contributed by atoms with Crippen molar-refractivity contribution in [2.24, 2.45) is 0 Å². The van der Waals surface area contributed by atoms with Crippen LogP contribution in [0, 0.1) is 6.92 Å². The van der Waals surface area contributed by atoms with E-state index in [1.807, 2.05) is 0 Å². The molecule has 0 heterocycles. The largest absolute Gasteiger partial charge is 0.415 e. The molecule has 0 aromatic carbocycles. The smallest absolute Gasteiger partial charge is 0.130 e. The van der Waals surface area contributed by atoms with Crippen molar-refractivity contribution < 1.29 is 42.6 Å². The van der Waals surface area contributed by atoms with Crippen molar-refractivity contribution in [1.29, 1.82) is 0 Å². The van der Waals surface area contributed by atoms with E-state index in [1.165, 1.54) is 13.8 Å². The average Bonchev–Trinajstić information content (AvgIpc) is 1.31. The van der Waals surface area contributed by atoms with E-state index in [-0.39, 0.29) is 38.5 Å². The van der Waals surface area contributed by atoms with Gasteiger partial charge in [-0.2, -0.15) is 0 Å². The van der Waals surface area contributed by atoms with Crippen LogP contribution in [0.3, 0.4) is 0 Å². The molecular formula is C5H9O2Y-. The summed E-state index contributed by atoms with van der Waals surface area (Å²) in [5, 5.41) is 8.63. The minimum atomic E-state index is -1.39. The summed E-state index contributed by atoms with van der Waals surface area (Å²) < 4.78 is 0.